The zero-order valence-electron chi connectivity index (χ0n) is 20.5. The van der Waals surface area contributed by atoms with Crippen molar-refractivity contribution in [3.05, 3.63) is 39.0 Å². The molecule has 1 aromatic carbocycles. The highest BCUT2D eigenvalue weighted by atomic mass is 16.5. The molecule has 2 aromatic rings. The highest BCUT2D eigenvalue weighted by Gasteiger charge is 2.24. The predicted molar refractivity (Wildman–Crippen MR) is 132 cm³/mol. The summed E-state index contributed by atoms with van der Waals surface area (Å²) in [5.74, 6) is 0.773. The fourth-order valence-corrected chi connectivity index (χ4v) is 3.38. The monoisotopic (exact) mass is 477 g/mol. The SMILES string of the molecule is CCOc1ccc(OCC)c(NCC(=O)N(CCOC)c2c(N)n(CC(C)C)c(=O)[nH]c2=O)c1. The average Bonchev–Trinajstić information content (AvgIpc) is 2.78. The number of nitrogens with one attached hydrogen (secondary N) is 2. The molecule has 0 saturated carbocycles. The van der Waals surface area contributed by atoms with E-state index in [-0.39, 0.29) is 37.1 Å². The topological polar surface area (TPSA) is 141 Å². The van der Waals surface area contributed by atoms with Crippen molar-refractivity contribution in [1.29, 1.82) is 0 Å². The van der Waals surface area contributed by atoms with Gasteiger partial charge >= 0.3 is 5.69 Å². The molecule has 0 aliphatic rings. The van der Waals surface area contributed by atoms with Crippen LogP contribution < -0.4 is 36.7 Å². The van der Waals surface area contributed by atoms with Crippen LogP contribution in [-0.4, -0.2) is 55.5 Å². The van der Waals surface area contributed by atoms with Gasteiger partial charge in [-0.2, -0.15) is 0 Å². The van der Waals surface area contributed by atoms with E-state index in [1.165, 1.54) is 16.6 Å². The molecule has 0 fully saturated rings. The van der Waals surface area contributed by atoms with Gasteiger partial charge in [-0.3, -0.25) is 19.1 Å². The Labute approximate surface area is 198 Å². The van der Waals surface area contributed by atoms with E-state index in [0.717, 1.165) is 0 Å². The first-order valence-corrected chi connectivity index (χ1v) is 11.3. The molecule has 0 bridgehead atoms. The Kier molecular flexibility index (Phi) is 9.99. The van der Waals surface area contributed by atoms with E-state index in [9.17, 15) is 14.4 Å². The fourth-order valence-electron chi connectivity index (χ4n) is 3.38. The third-order valence-electron chi connectivity index (χ3n) is 4.84. The van der Waals surface area contributed by atoms with Crippen LogP contribution in [0.4, 0.5) is 17.2 Å². The summed E-state index contributed by atoms with van der Waals surface area (Å²) in [6, 6.07) is 5.28. The number of methoxy groups -OCH3 is 1. The number of nitrogen functional groups attached to an aromatic ring is 1. The Morgan fingerprint density at radius 2 is 1.91 bits per heavy atom. The molecular formula is C23H35N5O6. The second-order valence-corrected chi connectivity index (χ2v) is 7.91. The van der Waals surface area contributed by atoms with Crippen LogP contribution in [-0.2, 0) is 16.1 Å². The van der Waals surface area contributed by atoms with Gasteiger partial charge in [0.2, 0.25) is 5.91 Å². The quantitative estimate of drug-likeness (QED) is 0.396. The van der Waals surface area contributed by atoms with Crippen molar-refractivity contribution >= 4 is 23.1 Å². The molecule has 2 rings (SSSR count). The number of aromatic nitrogens is 2. The van der Waals surface area contributed by atoms with Crippen LogP contribution in [0.25, 0.3) is 0 Å². The van der Waals surface area contributed by atoms with Crippen LogP contribution in [0.5, 0.6) is 11.5 Å². The van der Waals surface area contributed by atoms with Crippen molar-refractivity contribution in [1.82, 2.24) is 9.55 Å². The maximum absolute atomic E-state index is 13.3. The van der Waals surface area contributed by atoms with Gasteiger partial charge in [-0.25, -0.2) is 4.79 Å². The number of rotatable bonds is 13. The molecule has 0 spiro atoms. The van der Waals surface area contributed by atoms with Gasteiger partial charge in [0.1, 0.15) is 17.3 Å². The number of nitrogens with two attached hydrogens (primary N) is 1. The largest absolute Gasteiger partial charge is 0.494 e. The molecule has 0 atom stereocenters. The molecule has 11 heteroatoms. The Morgan fingerprint density at radius 1 is 1.21 bits per heavy atom. The number of benzene rings is 1. The number of amides is 1. The number of hydrogen-bond acceptors (Lipinski definition) is 8. The van der Waals surface area contributed by atoms with E-state index in [2.05, 4.69) is 10.3 Å². The maximum atomic E-state index is 13.3. The number of anilines is 3. The molecule has 11 nitrogen and oxygen atoms in total. The van der Waals surface area contributed by atoms with Gasteiger partial charge in [-0.1, -0.05) is 13.8 Å². The Balaban J connectivity index is 2.39. The number of aromatic amines is 1. The molecular weight excluding hydrogens is 442 g/mol. The summed E-state index contributed by atoms with van der Waals surface area (Å²) in [6.07, 6.45) is 0. The molecule has 0 aliphatic heterocycles. The van der Waals surface area contributed by atoms with Gasteiger partial charge in [0.25, 0.3) is 5.56 Å². The Bertz CT molecular complexity index is 1080. The molecule has 0 unspecified atom stereocenters. The Hall–Kier alpha value is -3.47. The third kappa shape index (κ3) is 6.77. The molecule has 0 radical (unpaired) electrons. The first-order valence-electron chi connectivity index (χ1n) is 11.3. The zero-order valence-corrected chi connectivity index (χ0v) is 20.5. The van der Waals surface area contributed by atoms with Crippen molar-refractivity contribution in [3.8, 4) is 11.5 Å². The zero-order chi connectivity index (χ0) is 25.3. The minimum Gasteiger partial charge on any atom is -0.494 e. The summed E-state index contributed by atoms with van der Waals surface area (Å²) in [5.41, 5.74) is 5.35. The molecule has 34 heavy (non-hydrogen) atoms. The van der Waals surface area contributed by atoms with E-state index in [0.29, 0.717) is 36.9 Å². The highest BCUT2D eigenvalue weighted by Crippen LogP contribution is 2.29. The standard InChI is InChI=1S/C23H35N5O6/c1-6-33-16-8-9-18(34-7-2)17(12-16)25-13-19(29)27(10-11-32-5)20-21(24)28(14-15(3)4)23(31)26-22(20)30/h8-9,12,15,25H,6-7,10-11,13-14,24H2,1-5H3,(H,26,30,31). The summed E-state index contributed by atoms with van der Waals surface area (Å²) >= 11 is 0. The minimum absolute atomic E-state index is 0.0692. The summed E-state index contributed by atoms with van der Waals surface area (Å²) in [5, 5.41) is 3.06. The molecule has 4 N–H and O–H groups in total. The van der Waals surface area contributed by atoms with E-state index in [1.807, 2.05) is 27.7 Å². The van der Waals surface area contributed by atoms with Crippen LogP contribution >= 0.6 is 0 Å². The van der Waals surface area contributed by atoms with Crippen molar-refractivity contribution < 1.29 is 19.0 Å². The van der Waals surface area contributed by atoms with Crippen LogP contribution in [0.2, 0.25) is 0 Å². The fraction of sp³-hybridized carbons (Fsp3) is 0.522. The van der Waals surface area contributed by atoms with Crippen LogP contribution in [0, 0.1) is 5.92 Å². The van der Waals surface area contributed by atoms with Gasteiger partial charge < -0.3 is 30.2 Å². The average molecular weight is 478 g/mol. The number of H-pyrrole nitrogens is 1. The maximum Gasteiger partial charge on any atom is 0.330 e. The first kappa shape index (κ1) is 26.8. The molecule has 188 valence electrons. The highest BCUT2D eigenvalue weighted by molar-refractivity contribution is 5.98. The smallest absolute Gasteiger partial charge is 0.330 e. The number of carbonyl (C=O) groups is 1. The van der Waals surface area contributed by atoms with Crippen LogP contribution in [0.1, 0.15) is 27.7 Å². The van der Waals surface area contributed by atoms with Crippen molar-refractivity contribution in [2.75, 3.05) is 56.0 Å². The van der Waals surface area contributed by atoms with Crippen molar-refractivity contribution in [3.63, 3.8) is 0 Å². The minimum atomic E-state index is -0.736. The number of nitrogens with zero attached hydrogens (tertiary/aromatic N) is 2. The normalized spacial score (nSPS) is 10.9. The lowest BCUT2D eigenvalue weighted by atomic mass is 10.2. The molecule has 1 amide bonds. The van der Waals surface area contributed by atoms with E-state index >= 15 is 0 Å². The van der Waals surface area contributed by atoms with E-state index in [4.69, 9.17) is 19.9 Å². The molecule has 1 aromatic heterocycles. The Morgan fingerprint density at radius 3 is 2.53 bits per heavy atom. The number of carbonyl (C=O) groups excluding carboxylic acids is 1. The number of ether oxygens (including phenoxy) is 3. The first-order chi connectivity index (χ1) is 16.2. The van der Waals surface area contributed by atoms with Gasteiger partial charge in [0, 0.05) is 26.3 Å². The van der Waals surface area contributed by atoms with Gasteiger partial charge in [0.15, 0.2) is 5.69 Å². The van der Waals surface area contributed by atoms with Crippen LogP contribution in [0.3, 0.4) is 0 Å². The van der Waals surface area contributed by atoms with Crippen molar-refractivity contribution in [2.24, 2.45) is 5.92 Å². The third-order valence-corrected chi connectivity index (χ3v) is 4.84. The lowest BCUT2D eigenvalue weighted by Gasteiger charge is -2.25. The second-order valence-electron chi connectivity index (χ2n) is 7.91. The predicted octanol–water partition coefficient (Wildman–Crippen LogP) is 1.66. The van der Waals surface area contributed by atoms with Gasteiger partial charge in [-0.05, 0) is 31.9 Å². The van der Waals surface area contributed by atoms with Crippen LogP contribution in [0.15, 0.2) is 27.8 Å². The van der Waals surface area contributed by atoms with Crippen molar-refractivity contribution in [2.45, 2.75) is 34.2 Å². The number of hydrogen-bond donors (Lipinski definition) is 3. The lowest BCUT2D eigenvalue weighted by Crippen LogP contribution is -2.44. The van der Waals surface area contributed by atoms with E-state index < -0.39 is 17.2 Å². The van der Waals surface area contributed by atoms with E-state index in [1.54, 1.807) is 18.2 Å². The lowest BCUT2D eigenvalue weighted by molar-refractivity contribution is -0.117. The summed E-state index contributed by atoms with van der Waals surface area (Å²) in [7, 11) is 1.49. The summed E-state index contributed by atoms with van der Waals surface area (Å²) in [4.78, 5) is 41.8. The summed E-state index contributed by atoms with van der Waals surface area (Å²) in [6.45, 7) is 8.87. The second kappa shape index (κ2) is 12.7. The summed E-state index contributed by atoms with van der Waals surface area (Å²) < 4.78 is 17.6. The molecule has 0 aliphatic carbocycles. The molecule has 1 heterocycles. The van der Waals surface area contributed by atoms with Gasteiger partial charge in [-0.15, -0.1) is 0 Å². The van der Waals surface area contributed by atoms with Gasteiger partial charge in [0.05, 0.1) is 32.1 Å². The molecule has 0 saturated heterocycles.